The van der Waals surface area contributed by atoms with Crippen LogP contribution in [-0.4, -0.2) is 17.8 Å². The van der Waals surface area contributed by atoms with E-state index in [2.05, 4.69) is 15.3 Å². The van der Waals surface area contributed by atoms with E-state index in [-0.39, 0.29) is 0 Å². The molecule has 0 saturated heterocycles. The second-order valence-corrected chi connectivity index (χ2v) is 2.25. The Morgan fingerprint density at radius 3 is 2.77 bits per heavy atom. The van der Waals surface area contributed by atoms with E-state index in [4.69, 9.17) is 0 Å². The first kappa shape index (κ1) is 9.79. The number of pyridine rings is 1. The van der Waals surface area contributed by atoms with E-state index in [1.807, 2.05) is 0 Å². The van der Waals surface area contributed by atoms with Crippen LogP contribution in [0.1, 0.15) is 0 Å². The number of hydrogen-bond donors (Lipinski definition) is 1. The number of nitrogens with one attached hydrogen (secondary N) is 1. The molecule has 0 fully saturated rings. The predicted molar refractivity (Wildman–Crippen MR) is 39.9 cm³/mol. The van der Waals surface area contributed by atoms with Crippen molar-refractivity contribution in [2.45, 2.75) is 6.18 Å². The van der Waals surface area contributed by atoms with E-state index >= 15 is 0 Å². The van der Waals surface area contributed by atoms with Crippen LogP contribution in [0.3, 0.4) is 0 Å². The summed E-state index contributed by atoms with van der Waals surface area (Å²) in [5, 5.41) is 0. The normalized spacial score (nSPS) is 11.3. The first-order chi connectivity index (χ1) is 6.08. The molecule has 0 aliphatic rings. The number of rotatable bonds is 3. The van der Waals surface area contributed by atoms with E-state index in [9.17, 15) is 13.2 Å². The van der Waals surface area contributed by atoms with E-state index in [0.29, 0.717) is 5.69 Å². The van der Waals surface area contributed by atoms with E-state index in [0.717, 1.165) is 0 Å². The molecule has 0 aliphatic heterocycles. The zero-order valence-electron chi connectivity index (χ0n) is 6.51. The Balaban J connectivity index is 2.29. The summed E-state index contributed by atoms with van der Waals surface area (Å²) in [6, 6.07) is 3.13. The molecule has 13 heavy (non-hydrogen) atoms. The molecule has 1 heterocycles. The molecule has 0 amide bonds. The Labute approximate surface area is 72.5 Å². The predicted octanol–water partition coefficient (Wildman–Crippen LogP) is 1.99. The highest BCUT2D eigenvalue weighted by Crippen LogP contribution is 2.14. The summed E-state index contributed by atoms with van der Waals surface area (Å²) in [4.78, 5) is 7.85. The third-order valence-corrected chi connectivity index (χ3v) is 1.09. The second-order valence-electron chi connectivity index (χ2n) is 2.25. The highest BCUT2D eigenvalue weighted by molar-refractivity contribution is 5.36. The lowest BCUT2D eigenvalue weighted by atomic mass is 10.4. The van der Waals surface area contributed by atoms with Gasteiger partial charge in [0, 0.05) is 6.20 Å². The molecule has 0 aromatic carbocycles. The zero-order valence-corrected chi connectivity index (χ0v) is 6.51. The Morgan fingerprint density at radius 2 is 2.23 bits per heavy atom. The summed E-state index contributed by atoms with van der Waals surface area (Å²) < 4.78 is 34.7. The average molecular weight is 192 g/mol. The Bertz CT molecular complexity index is 250. The molecule has 0 atom stereocenters. The largest absolute Gasteiger partial charge is 0.414 e. The lowest BCUT2D eigenvalue weighted by Gasteiger charge is -2.08. The highest BCUT2D eigenvalue weighted by Gasteiger charge is 2.27. The van der Waals surface area contributed by atoms with Crippen molar-refractivity contribution in [3.8, 4) is 0 Å². The van der Waals surface area contributed by atoms with Crippen molar-refractivity contribution in [1.29, 1.82) is 0 Å². The van der Waals surface area contributed by atoms with Crippen LogP contribution >= 0.6 is 0 Å². The minimum atomic E-state index is -4.32. The molecule has 0 bridgehead atoms. The topological polar surface area (TPSA) is 34.1 Å². The summed E-state index contributed by atoms with van der Waals surface area (Å²) in [7, 11) is 0. The molecule has 3 nitrogen and oxygen atoms in total. The quantitative estimate of drug-likeness (QED) is 0.743. The Kier molecular flexibility index (Phi) is 3.07. The first-order valence-electron chi connectivity index (χ1n) is 3.42. The molecule has 0 radical (unpaired) electrons. The van der Waals surface area contributed by atoms with Gasteiger partial charge in [-0.2, -0.15) is 13.2 Å². The molecule has 0 saturated carbocycles. The van der Waals surface area contributed by atoms with Gasteiger partial charge in [-0.25, -0.2) is 0 Å². The molecular weight excluding hydrogens is 185 g/mol. The maximum Gasteiger partial charge on any atom is 0.414 e. The SMILES string of the molecule is FC(F)(F)CONc1cccnc1. The zero-order chi connectivity index (χ0) is 9.73. The third kappa shape index (κ3) is 4.32. The number of hydrogen-bond acceptors (Lipinski definition) is 3. The number of halogens is 3. The molecule has 72 valence electrons. The summed E-state index contributed by atoms with van der Waals surface area (Å²) in [6.45, 7) is -1.33. The lowest BCUT2D eigenvalue weighted by Crippen LogP contribution is -2.19. The summed E-state index contributed by atoms with van der Waals surface area (Å²) in [5.74, 6) is 0. The van der Waals surface area contributed by atoms with Gasteiger partial charge in [-0.1, -0.05) is 0 Å². The van der Waals surface area contributed by atoms with Gasteiger partial charge in [0.2, 0.25) is 0 Å². The molecule has 6 heteroatoms. The summed E-state index contributed by atoms with van der Waals surface area (Å²) in [5.41, 5.74) is 2.50. The highest BCUT2D eigenvalue weighted by atomic mass is 19.4. The minimum Gasteiger partial charge on any atom is -0.267 e. The van der Waals surface area contributed by atoms with Gasteiger partial charge in [-0.15, -0.1) is 0 Å². The van der Waals surface area contributed by atoms with Gasteiger partial charge < -0.3 is 0 Å². The Hall–Kier alpha value is -1.30. The van der Waals surface area contributed by atoms with Crippen molar-refractivity contribution in [2.75, 3.05) is 12.1 Å². The van der Waals surface area contributed by atoms with E-state index < -0.39 is 12.8 Å². The van der Waals surface area contributed by atoms with Crippen molar-refractivity contribution in [1.82, 2.24) is 4.98 Å². The van der Waals surface area contributed by atoms with Crippen molar-refractivity contribution < 1.29 is 18.0 Å². The minimum absolute atomic E-state index is 0.381. The van der Waals surface area contributed by atoms with Gasteiger partial charge in [0.25, 0.3) is 0 Å². The molecular formula is C7H7F3N2O. The van der Waals surface area contributed by atoms with Crippen molar-refractivity contribution in [3.63, 3.8) is 0 Å². The second kappa shape index (κ2) is 4.08. The number of alkyl halides is 3. The van der Waals surface area contributed by atoms with Gasteiger partial charge in [-0.3, -0.25) is 15.3 Å². The summed E-state index contributed by atoms with van der Waals surface area (Å²) in [6.07, 6.45) is -1.46. The average Bonchev–Trinajstić information content (AvgIpc) is 2.04. The van der Waals surface area contributed by atoms with Gasteiger partial charge in [0.05, 0.1) is 11.9 Å². The van der Waals surface area contributed by atoms with E-state index in [1.54, 1.807) is 12.1 Å². The van der Waals surface area contributed by atoms with Crippen LogP contribution in [0.2, 0.25) is 0 Å². The Morgan fingerprint density at radius 1 is 1.46 bits per heavy atom. The molecule has 0 spiro atoms. The van der Waals surface area contributed by atoms with Crippen LogP contribution in [0.5, 0.6) is 0 Å². The monoisotopic (exact) mass is 192 g/mol. The standard InChI is InChI=1S/C7H7F3N2O/c8-7(9,10)5-13-12-6-2-1-3-11-4-6/h1-4,12H,5H2. The number of nitrogens with zero attached hydrogens (tertiary/aromatic N) is 1. The van der Waals surface area contributed by atoms with Crippen LogP contribution in [0.4, 0.5) is 18.9 Å². The molecule has 1 aromatic rings. The fraction of sp³-hybridized carbons (Fsp3) is 0.286. The molecule has 1 N–H and O–H groups in total. The van der Waals surface area contributed by atoms with Gasteiger partial charge >= 0.3 is 6.18 Å². The fourth-order valence-electron chi connectivity index (χ4n) is 0.624. The van der Waals surface area contributed by atoms with Gasteiger partial charge in [0.1, 0.15) is 0 Å². The van der Waals surface area contributed by atoms with Crippen molar-refractivity contribution in [2.24, 2.45) is 0 Å². The molecule has 1 rings (SSSR count). The van der Waals surface area contributed by atoms with Gasteiger partial charge in [0.15, 0.2) is 6.61 Å². The third-order valence-electron chi connectivity index (χ3n) is 1.09. The first-order valence-corrected chi connectivity index (χ1v) is 3.42. The van der Waals surface area contributed by atoms with Crippen LogP contribution in [0.25, 0.3) is 0 Å². The van der Waals surface area contributed by atoms with Crippen molar-refractivity contribution >= 4 is 5.69 Å². The van der Waals surface area contributed by atoms with Crippen LogP contribution in [-0.2, 0) is 4.84 Å². The lowest BCUT2D eigenvalue weighted by molar-refractivity contribution is -0.167. The van der Waals surface area contributed by atoms with Crippen LogP contribution < -0.4 is 5.48 Å². The van der Waals surface area contributed by atoms with Crippen molar-refractivity contribution in [3.05, 3.63) is 24.5 Å². The van der Waals surface area contributed by atoms with Gasteiger partial charge in [-0.05, 0) is 12.1 Å². The van der Waals surface area contributed by atoms with Crippen LogP contribution in [0, 0.1) is 0 Å². The molecule has 0 aliphatic carbocycles. The molecule has 1 aromatic heterocycles. The maximum atomic E-state index is 11.6. The summed E-state index contributed by atoms with van der Waals surface area (Å²) >= 11 is 0. The van der Waals surface area contributed by atoms with Crippen LogP contribution in [0.15, 0.2) is 24.5 Å². The number of anilines is 1. The number of aromatic nitrogens is 1. The maximum absolute atomic E-state index is 11.6. The van der Waals surface area contributed by atoms with E-state index in [1.165, 1.54) is 12.4 Å². The molecule has 0 unspecified atom stereocenters. The smallest absolute Gasteiger partial charge is 0.267 e. The fourth-order valence-corrected chi connectivity index (χ4v) is 0.624.